The molecule has 1 N–H and O–H groups in total. The number of hydrogen-bond acceptors (Lipinski definition) is 6. The minimum absolute atomic E-state index is 0.212. The number of benzene rings is 3. The molecule has 166 valence electrons. The van der Waals surface area contributed by atoms with Crippen molar-refractivity contribution in [2.45, 2.75) is 0 Å². The summed E-state index contributed by atoms with van der Waals surface area (Å²) in [4.78, 5) is 38.7. The van der Waals surface area contributed by atoms with Crippen LogP contribution in [0, 0.1) is 20.2 Å². The Morgan fingerprint density at radius 3 is 2.21 bits per heavy atom. The molecule has 0 radical (unpaired) electrons. The largest absolute Gasteiger partial charge is 0.306 e. The third kappa shape index (κ3) is 3.69. The van der Waals surface area contributed by atoms with Crippen LogP contribution in [0.5, 0.6) is 0 Å². The van der Waals surface area contributed by atoms with E-state index in [1.165, 1.54) is 0 Å². The van der Waals surface area contributed by atoms with E-state index in [0.717, 1.165) is 34.5 Å². The van der Waals surface area contributed by atoms with E-state index in [4.69, 9.17) is 0 Å². The Kier molecular flexibility index (Phi) is 4.94. The van der Waals surface area contributed by atoms with Gasteiger partial charge in [0.25, 0.3) is 17.3 Å². The van der Waals surface area contributed by atoms with Gasteiger partial charge in [-0.2, -0.15) is 0 Å². The van der Waals surface area contributed by atoms with Crippen LogP contribution in [0.15, 0.2) is 85.1 Å². The van der Waals surface area contributed by atoms with Crippen LogP contribution in [0.3, 0.4) is 0 Å². The summed E-state index contributed by atoms with van der Waals surface area (Å²) in [6.07, 6.45) is 1.72. The van der Waals surface area contributed by atoms with Gasteiger partial charge in [-0.3, -0.25) is 29.4 Å². The number of nitro groups is 2. The minimum atomic E-state index is -0.779. The van der Waals surface area contributed by atoms with Crippen molar-refractivity contribution in [3.63, 3.8) is 0 Å². The summed E-state index contributed by atoms with van der Waals surface area (Å²) in [5, 5.41) is 27.2. The van der Waals surface area contributed by atoms with Gasteiger partial charge < -0.3 is 5.32 Å². The number of carbonyl (C=O) groups excluding carboxylic acids is 1. The Hall–Kier alpha value is -5.12. The number of nitro benzene ring substituents is 2. The lowest BCUT2D eigenvalue weighted by atomic mass is 10.0. The second-order valence-corrected chi connectivity index (χ2v) is 7.51. The lowest BCUT2D eigenvalue weighted by Gasteiger charge is -2.09. The molecule has 2 aromatic heterocycles. The third-order valence-electron chi connectivity index (χ3n) is 5.37. The van der Waals surface area contributed by atoms with E-state index in [1.54, 1.807) is 22.7 Å². The SMILES string of the molecule is O=C(Nc1c(-c2ccc3ccccc3c2)nc2ccccn12)c1cc([N+](=O)[O-])cc([N+](=O)[O-])c1. The highest BCUT2D eigenvalue weighted by Gasteiger charge is 2.22. The molecule has 10 nitrogen and oxygen atoms in total. The first-order valence-electron chi connectivity index (χ1n) is 10.1. The number of non-ortho nitro benzene ring substituents is 2. The zero-order chi connectivity index (χ0) is 23.8. The maximum atomic E-state index is 13.1. The lowest BCUT2D eigenvalue weighted by Crippen LogP contribution is -2.14. The predicted octanol–water partition coefficient (Wildman–Crippen LogP) is 5.22. The molecule has 0 unspecified atom stereocenters. The van der Waals surface area contributed by atoms with E-state index < -0.39 is 27.1 Å². The molecule has 0 saturated carbocycles. The molecule has 1 amide bonds. The molecule has 0 spiro atoms. The molecule has 34 heavy (non-hydrogen) atoms. The number of pyridine rings is 1. The predicted molar refractivity (Wildman–Crippen MR) is 126 cm³/mol. The highest BCUT2D eigenvalue weighted by atomic mass is 16.6. The highest BCUT2D eigenvalue weighted by molar-refractivity contribution is 6.06. The number of carbonyl (C=O) groups is 1. The highest BCUT2D eigenvalue weighted by Crippen LogP contribution is 2.32. The van der Waals surface area contributed by atoms with Crippen molar-refractivity contribution in [1.29, 1.82) is 0 Å². The fourth-order valence-corrected chi connectivity index (χ4v) is 3.77. The molecule has 5 aromatic rings. The summed E-state index contributed by atoms with van der Waals surface area (Å²) < 4.78 is 1.67. The molecule has 5 rings (SSSR count). The lowest BCUT2D eigenvalue weighted by molar-refractivity contribution is -0.394. The first kappa shape index (κ1) is 20.8. The van der Waals surface area contributed by atoms with E-state index >= 15 is 0 Å². The molecule has 0 fully saturated rings. The molecule has 0 bridgehead atoms. The molecule has 0 aliphatic rings. The summed E-state index contributed by atoms with van der Waals surface area (Å²) in [5.41, 5.74) is 0.509. The normalized spacial score (nSPS) is 10.9. The molecule has 3 aromatic carbocycles. The van der Waals surface area contributed by atoms with Crippen molar-refractivity contribution in [1.82, 2.24) is 9.38 Å². The van der Waals surface area contributed by atoms with Crippen molar-refractivity contribution in [2.24, 2.45) is 0 Å². The summed E-state index contributed by atoms with van der Waals surface area (Å²) in [5.74, 6) is -0.399. The number of imidazole rings is 1. The Morgan fingerprint density at radius 1 is 0.824 bits per heavy atom. The maximum Gasteiger partial charge on any atom is 0.277 e. The standard InChI is InChI=1S/C24H15N5O5/c30-24(18-12-19(28(31)32)14-20(13-18)29(33)34)26-23-22(25-21-7-3-4-10-27(21)23)17-9-8-15-5-1-2-6-16(15)11-17/h1-14H,(H,26,30). The van der Waals surface area contributed by atoms with E-state index in [1.807, 2.05) is 48.5 Å². The van der Waals surface area contributed by atoms with Gasteiger partial charge in [0.2, 0.25) is 0 Å². The average molecular weight is 453 g/mol. The van der Waals surface area contributed by atoms with Gasteiger partial charge in [-0.1, -0.05) is 42.5 Å². The van der Waals surface area contributed by atoms with Crippen LogP contribution in [0.4, 0.5) is 17.2 Å². The summed E-state index contributed by atoms with van der Waals surface area (Å²) in [7, 11) is 0. The van der Waals surface area contributed by atoms with Gasteiger partial charge in [0, 0.05) is 23.9 Å². The van der Waals surface area contributed by atoms with Crippen LogP contribution in [0.2, 0.25) is 0 Å². The smallest absolute Gasteiger partial charge is 0.277 e. The second-order valence-electron chi connectivity index (χ2n) is 7.51. The fraction of sp³-hybridized carbons (Fsp3) is 0. The maximum absolute atomic E-state index is 13.1. The zero-order valence-electron chi connectivity index (χ0n) is 17.4. The van der Waals surface area contributed by atoms with Crippen molar-refractivity contribution in [3.8, 4) is 11.3 Å². The van der Waals surface area contributed by atoms with Crippen LogP contribution in [0.1, 0.15) is 10.4 Å². The van der Waals surface area contributed by atoms with Gasteiger partial charge in [0.1, 0.15) is 17.2 Å². The van der Waals surface area contributed by atoms with Gasteiger partial charge in [-0.05, 0) is 29.0 Å². The van der Waals surface area contributed by atoms with Crippen LogP contribution in [-0.4, -0.2) is 25.1 Å². The zero-order valence-corrected chi connectivity index (χ0v) is 17.4. The van der Waals surface area contributed by atoms with E-state index in [-0.39, 0.29) is 5.56 Å². The molecular formula is C24H15N5O5. The number of amides is 1. The van der Waals surface area contributed by atoms with Gasteiger partial charge in [-0.25, -0.2) is 4.98 Å². The summed E-state index contributed by atoms with van der Waals surface area (Å²) in [6, 6.07) is 21.8. The number of anilines is 1. The molecule has 0 aliphatic heterocycles. The molecule has 2 heterocycles. The summed E-state index contributed by atoms with van der Waals surface area (Å²) in [6.45, 7) is 0. The molecule has 0 saturated heterocycles. The first-order valence-corrected chi connectivity index (χ1v) is 10.1. The third-order valence-corrected chi connectivity index (χ3v) is 5.37. The fourth-order valence-electron chi connectivity index (χ4n) is 3.77. The Bertz CT molecular complexity index is 1590. The monoisotopic (exact) mass is 453 g/mol. The van der Waals surface area contributed by atoms with Crippen LogP contribution < -0.4 is 5.32 Å². The number of rotatable bonds is 5. The Labute approximate surface area is 191 Å². The second kappa shape index (κ2) is 8.10. The Morgan fingerprint density at radius 2 is 1.50 bits per heavy atom. The molecule has 0 atom stereocenters. The topological polar surface area (TPSA) is 133 Å². The van der Waals surface area contributed by atoms with Crippen molar-refractivity contribution < 1.29 is 14.6 Å². The molecule has 0 aliphatic carbocycles. The number of aromatic nitrogens is 2. The summed E-state index contributed by atoms with van der Waals surface area (Å²) >= 11 is 0. The average Bonchev–Trinajstić information content (AvgIpc) is 3.21. The van der Waals surface area contributed by atoms with E-state index in [9.17, 15) is 25.0 Å². The minimum Gasteiger partial charge on any atom is -0.306 e. The van der Waals surface area contributed by atoms with Crippen molar-refractivity contribution >= 4 is 39.5 Å². The molecular weight excluding hydrogens is 438 g/mol. The van der Waals surface area contributed by atoms with Crippen molar-refractivity contribution in [3.05, 3.63) is 111 Å². The number of fused-ring (bicyclic) bond motifs is 2. The number of hydrogen-bond donors (Lipinski definition) is 1. The quantitative estimate of drug-likeness (QED) is 0.286. The number of nitrogens with zero attached hydrogens (tertiary/aromatic N) is 4. The number of nitrogens with one attached hydrogen (secondary N) is 1. The van der Waals surface area contributed by atoms with E-state index in [0.29, 0.717) is 17.2 Å². The van der Waals surface area contributed by atoms with Gasteiger partial charge >= 0.3 is 0 Å². The molecule has 10 heteroatoms. The Balaban J connectivity index is 1.62. The van der Waals surface area contributed by atoms with Crippen molar-refractivity contribution in [2.75, 3.05) is 5.32 Å². The van der Waals surface area contributed by atoms with Crippen LogP contribution in [-0.2, 0) is 0 Å². The van der Waals surface area contributed by atoms with Crippen LogP contribution in [0.25, 0.3) is 27.7 Å². The first-order chi connectivity index (χ1) is 16.4. The van der Waals surface area contributed by atoms with Gasteiger partial charge in [0.05, 0.1) is 21.5 Å². The van der Waals surface area contributed by atoms with Gasteiger partial charge in [-0.15, -0.1) is 0 Å². The van der Waals surface area contributed by atoms with Crippen LogP contribution >= 0.6 is 0 Å². The van der Waals surface area contributed by atoms with Gasteiger partial charge in [0.15, 0.2) is 0 Å². The van der Waals surface area contributed by atoms with E-state index in [2.05, 4.69) is 10.3 Å².